The van der Waals surface area contributed by atoms with E-state index in [2.05, 4.69) is 26.2 Å². The normalized spacial score (nSPS) is 16.4. The number of rotatable bonds is 6. The van der Waals surface area contributed by atoms with Gasteiger partial charge in [0, 0.05) is 17.6 Å². The van der Waals surface area contributed by atoms with Crippen LogP contribution in [0, 0.1) is 5.92 Å². The topological polar surface area (TPSA) is 64.0 Å². The van der Waals surface area contributed by atoms with Gasteiger partial charge in [0.2, 0.25) is 5.91 Å². The first-order valence-electron chi connectivity index (χ1n) is 9.64. The molecule has 1 heterocycles. The summed E-state index contributed by atoms with van der Waals surface area (Å²) in [6.45, 7) is 5.07. The number of thioether (sulfide) groups is 1. The Kier molecular flexibility index (Phi) is 6.98. The Morgan fingerprint density at radius 2 is 2.11 bits per heavy atom. The number of aromatic nitrogens is 2. The SMILES string of the molecule is CCn1c(SC(C)C(=O)NCC2CCCCC2)nc2ccc(Br)cc2c1=O. The van der Waals surface area contributed by atoms with E-state index >= 15 is 0 Å². The number of carbonyl (C=O) groups is 1. The van der Waals surface area contributed by atoms with Crippen molar-refractivity contribution in [2.75, 3.05) is 6.54 Å². The number of nitrogens with one attached hydrogen (secondary N) is 1. The van der Waals surface area contributed by atoms with Crippen molar-refractivity contribution in [1.29, 1.82) is 0 Å². The van der Waals surface area contributed by atoms with Crippen LogP contribution < -0.4 is 10.9 Å². The molecule has 1 saturated carbocycles. The molecule has 1 aliphatic carbocycles. The number of hydrogen-bond acceptors (Lipinski definition) is 4. The molecule has 0 spiro atoms. The molecule has 1 aliphatic rings. The standard InChI is InChI=1S/C20H26BrN3O2S/c1-3-24-19(26)16-11-15(21)9-10-17(16)23-20(24)27-13(2)18(25)22-12-14-7-5-4-6-8-14/h9-11,13-14H,3-8,12H2,1-2H3,(H,22,25). The van der Waals surface area contributed by atoms with Gasteiger partial charge in [0.15, 0.2) is 5.16 Å². The van der Waals surface area contributed by atoms with Gasteiger partial charge in [0.1, 0.15) is 0 Å². The zero-order valence-electron chi connectivity index (χ0n) is 15.8. The second-order valence-electron chi connectivity index (χ2n) is 7.11. The monoisotopic (exact) mass is 451 g/mol. The summed E-state index contributed by atoms with van der Waals surface area (Å²) in [6.07, 6.45) is 6.27. The van der Waals surface area contributed by atoms with Crippen LogP contribution in [-0.4, -0.2) is 27.3 Å². The Labute approximate surface area is 172 Å². The van der Waals surface area contributed by atoms with Crippen LogP contribution in [0.3, 0.4) is 0 Å². The van der Waals surface area contributed by atoms with Crippen LogP contribution in [0.4, 0.5) is 0 Å². The number of fused-ring (bicyclic) bond motifs is 1. The Morgan fingerprint density at radius 3 is 2.81 bits per heavy atom. The fourth-order valence-electron chi connectivity index (χ4n) is 3.53. The van der Waals surface area contributed by atoms with Gasteiger partial charge in [-0.3, -0.25) is 14.2 Å². The number of hydrogen-bond donors (Lipinski definition) is 1. The minimum Gasteiger partial charge on any atom is -0.355 e. The van der Waals surface area contributed by atoms with E-state index in [-0.39, 0.29) is 16.7 Å². The molecule has 1 aromatic heterocycles. The van der Waals surface area contributed by atoms with Gasteiger partial charge in [-0.15, -0.1) is 0 Å². The lowest BCUT2D eigenvalue weighted by atomic mass is 9.89. The smallest absolute Gasteiger partial charge is 0.262 e. The molecule has 1 fully saturated rings. The summed E-state index contributed by atoms with van der Waals surface area (Å²) >= 11 is 4.76. The summed E-state index contributed by atoms with van der Waals surface area (Å²) in [5.74, 6) is 0.615. The first kappa shape index (κ1) is 20.4. The molecule has 0 saturated heterocycles. The van der Waals surface area contributed by atoms with E-state index in [1.165, 1.54) is 43.9 Å². The van der Waals surface area contributed by atoms with Crippen LogP contribution in [0.2, 0.25) is 0 Å². The van der Waals surface area contributed by atoms with Crippen molar-refractivity contribution < 1.29 is 4.79 Å². The fraction of sp³-hybridized carbons (Fsp3) is 0.550. The van der Waals surface area contributed by atoms with Gasteiger partial charge in [-0.05, 0) is 50.8 Å². The maximum atomic E-state index is 12.8. The Hall–Kier alpha value is -1.34. The quantitative estimate of drug-likeness (QED) is 0.523. The van der Waals surface area contributed by atoms with Crippen LogP contribution in [0.1, 0.15) is 46.0 Å². The average molecular weight is 452 g/mol. The molecule has 0 radical (unpaired) electrons. The molecule has 3 rings (SSSR count). The fourth-order valence-corrected chi connectivity index (χ4v) is 4.89. The van der Waals surface area contributed by atoms with E-state index in [9.17, 15) is 9.59 Å². The van der Waals surface area contributed by atoms with Crippen LogP contribution in [0.15, 0.2) is 32.6 Å². The van der Waals surface area contributed by atoms with E-state index in [0.29, 0.717) is 28.5 Å². The van der Waals surface area contributed by atoms with E-state index in [1.807, 2.05) is 26.0 Å². The summed E-state index contributed by atoms with van der Waals surface area (Å²) in [4.78, 5) is 30.0. The van der Waals surface area contributed by atoms with Crippen LogP contribution in [0.5, 0.6) is 0 Å². The minimum atomic E-state index is -0.300. The van der Waals surface area contributed by atoms with Crippen LogP contribution in [-0.2, 0) is 11.3 Å². The van der Waals surface area contributed by atoms with Crippen molar-refractivity contribution in [1.82, 2.24) is 14.9 Å². The molecular formula is C20H26BrN3O2S. The zero-order chi connectivity index (χ0) is 19.4. The van der Waals surface area contributed by atoms with Gasteiger partial charge in [-0.2, -0.15) is 0 Å². The third-order valence-corrected chi connectivity index (χ3v) is 6.72. The number of nitrogens with zero attached hydrogens (tertiary/aromatic N) is 2. The second-order valence-corrected chi connectivity index (χ2v) is 9.34. The van der Waals surface area contributed by atoms with Crippen molar-refractivity contribution in [3.63, 3.8) is 0 Å². The molecule has 0 bridgehead atoms. The summed E-state index contributed by atoms with van der Waals surface area (Å²) in [7, 11) is 0. The molecule has 1 atom stereocenters. The van der Waals surface area contributed by atoms with Crippen molar-refractivity contribution in [2.45, 2.75) is 62.9 Å². The highest BCUT2D eigenvalue weighted by molar-refractivity contribution is 9.10. The summed E-state index contributed by atoms with van der Waals surface area (Å²) in [5.41, 5.74) is 0.589. The first-order chi connectivity index (χ1) is 13.0. The van der Waals surface area contributed by atoms with E-state index in [0.717, 1.165) is 11.0 Å². The van der Waals surface area contributed by atoms with E-state index in [1.54, 1.807) is 10.6 Å². The molecule has 1 aromatic carbocycles. The average Bonchev–Trinajstić information content (AvgIpc) is 2.68. The molecule has 1 N–H and O–H groups in total. The first-order valence-corrected chi connectivity index (χ1v) is 11.3. The summed E-state index contributed by atoms with van der Waals surface area (Å²) in [5, 5.41) is 3.97. The van der Waals surface area contributed by atoms with Crippen LogP contribution in [0.25, 0.3) is 10.9 Å². The Balaban J connectivity index is 1.73. The van der Waals surface area contributed by atoms with Crippen molar-refractivity contribution in [3.05, 3.63) is 33.0 Å². The number of halogens is 1. The summed E-state index contributed by atoms with van der Waals surface area (Å²) < 4.78 is 2.50. The van der Waals surface area contributed by atoms with Gasteiger partial charge in [-0.25, -0.2) is 4.98 Å². The molecule has 2 aromatic rings. The van der Waals surface area contributed by atoms with Crippen molar-refractivity contribution in [2.24, 2.45) is 5.92 Å². The van der Waals surface area contributed by atoms with Gasteiger partial charge in [0.25, 0.3) is 5.56 Å². The predicted octanol–water partition coefficient (Wildman–Crippen LogP) is 4.36. The molecule has 5 nitrogen and oxygen atoms in total. The third kappa shape index (κ3) is 4.93. The van der Waals surface area contributed by atoms with Gasteiger partial charge >= 0.3 is 0 Å². The molecule has 0 aliphatic heterocycles. The molecular weight excluding hydrogens is 426 g/mol. The highest BCUT2D eigenvalue weighted by Gasteiger charge is 2.21. The molecule has 1 unspecified atom stereocenters. The van der Waals surface area contributed by atoms with E-state index < -0.39 is 0 Å². The van der Waals surface area contributed by atoms with Crippen molar-refractivity contribution in [3.8, 4) is 0 Å². The number of benzene rings is 1. The largest absolute Gasteiger partial charge is 0.355 e. The predicted molar refractivity (Wildman–Crippen MR) is 114 cm³/mol. The highest BCUT2D eigenvalue weighted by Crippen LogP contribution is 2.25. The molecule has 1 amide bonds. The Morgan fingerprint density at radius 1 is 1.37 bits per heavy atom. The molecule has 27 heavy (non-hydrogen) atoms. The van der Waals surface area contributed by atoms with Gasteiger partial charge in [-0.1, -0.05) is 47.0 Å². The molecule has 146 valence electrons. The lowest BCUT2D eigenvalue weighted by Gasteiger charge is -2.22. The van der Waals surface area contributed by atoms with E-state index in [4.69, 9.17) is 0 Å². The second kappa shape index (κ2) is 9.24. The zero-order valence-corrected chi connectivity index (χ0v) is 18.2. The minimum absolute atomic E-state index is 0.0124. The van der Waals surface area contributed by atoms with Crippen LogP contribution >= 0.6 is 27.7 Å². The number of carbonyl (C=O) groups excluding carboxylic acids is 1. The number of amides is 1. The maximum Gasteiger partial charge on any atom is 0.262 e. The maximum absolute atomic E-state index is 12.8. The lowest BCUT2D eigenvalue weighted by Crippen LogP contribution is -2.35. The van der Waals surface area contributed by atoms with Gasteiger partial charge in [0.05, 0.1) is 16.2 Å². The molecule has 7 heteroatoms. The van der Waals surface area contributed by atoms with Crippen molar-refractivity contribution >= 4 is 44.5 Å². The Bertz CT molecular complexity index is 877. The third-order valence-electron chi connectivity index (χ3n) is 5.14. The highest BCUT2D eigenvalue weighted by atomic mass is 79.9. The van der Waals surface area contributed by atoms with Gasteiger partial charge < -0.3 is 5.32 Å². The summed E-state index contributed by atoms with van der Waals surface area (Å²) in [6, 6.07) is 5.50. The lowest BCUT2D eigenvalue weighted by molar-refractivity contribution is -0.120.